The van der Waals surface area contributed by atoms with Gasteiger partial charge in [-0.15, -0.1) is 0 Å². The van der Waals surface area contributed by atoms with Gasteiger partial charge in [-0.3, -0.25) is 9.48 Å². The van der Waals surface area contributed by atoms with Gasteiger partial charge in [0.1, 0.15) is 18.0 Å². The lowest BCUT2D eigenvalue weighted by atomic mass is 10.2. The Bertz CT molecular complexity index is 744. The second-order valence-corrected chi connectivity index (χ2v) is 6.18. The lowest BCUT2D eigenvalue weighted by Crippen LogP contribution is -2.21. The van der Waals surface area contributed by atoms with Gasteiger partial charge in [0, 0.05) is 5.92 Å². The van der Waals surface area contributed by atoms with Gasteiger partial charge >= 0.3 is 0 Å². The summed E-state index contributed by atoms with van der Waals surface area (Å²) in [5.74, 6) is -0.343. The molecule has 8 heteroatoms. The van der Waals surface area contributed by atoms with Crippen molar-refractivity contribution in [1.29, 1.82) is 0 Å². The van der Waals surface area contributed by atoms with E-state index in [1.54, 1.807) is 18.2 Å². The first-order chi connectivity index (χ1) is 11.0. The smallest absolute Gasteiger partial charge is 0.283 e. The minimum absolute atomic E-state index is 0.0572. The average molecular weight is 386 g/mol. The van der Waals surface area contributed by atoms with Crippen LogP contribution >= 0.6 is 15.9 Å². The molecule has 5 nitrogen and oxygen atoms in total. The predicted molar refractivity (Wildman–Crippen MR) is 83.6 cm³/mol. The van der Waals surface area contributed by atoms with Crippen LogP contribution in [0, 0.1) is 0 Å². The van der Waals surface area contributed by atoms with Gasteiger partial charge in [-0.1, -0.05) is 12.1 Å². The molecule has 0 aliphatic heterocycles. The zero-order chi connectivity index (χ0) is 16.6. The number of amides is 1. The van der Waals surface area contributed by atoms with Crippen LogP contribution in [0.4, 0.5) is 14.5 Å². The number of hydrogen-bond acceptors (Lipinski definition) is 3. The molecule has 1 amide bonds. The van der Waals surface area contributed by atoms with E-state index < -0.39 is 12.3 Å². The number of anilines is 1. The number of nitrogens with one attached hydrogen (secondary N) is 1. The van der Waals surface area contributed by atoms with Gasteiger partial charge in [0.05, 0.1) is 15.9 Å². The Morgan fingerprint density at radius 1 is 1.43 bits per heavy atom. The molecule has 0 radical (unpaired) electrons. The van der Waals surface area contributed by atoms with E-state index in [2.05, 4.69) is 26.3 Å². The number of benzene rings is 1. The van der Waals surface area contributed by atoms with Crippen molar-refractivity contribution in [3.63, 3.8) is 0 Å². The van der Waals surface area contributed by atoms with E-state index in [0.29, 0.717) is 5.69 Å². The largest absolute Gasteiger partial charge is 0.506 e. The summed E-state index contributed by atoms with van der Waals surface area (Å²) in [5.41, 5.74) is 0.556. The molecular formula is C15H14BrF2N3O2. The number of phenols is 1. The highest BCUT2D eigenvalue weighted by molar-refractivity contribution is 9.10. The Morgan fingerprint density at radius 3 is 2.74 bits per heavy atom. The molecule has 1 aliphatic carbocycles. The van der Waals surface area contributed by atoms with Gasteiger partial charge in [-0.05, 0) is 40.9 Å². The minimum atomic E-state index is -2.70. The molecule has 3 rings (SSSR count). The molecule has 2 N–H and O–H groups in total. The summed E-state index contributed by atoms with van der Waals surface area (Å²) < 4.78 is 27.6. The molecule has 1 aromatic heterocycles. The average Bonchev–Trinajstić information content (AvgIpc) is 3.26. The number of carbonyl (C=O) groups excluding carboxylic acids is 1. The Kier molecular flexibility index (Phi) is 4.34. The lowest BCUT2D eigenvalue weighted by molar-refractivity contribution is -0.117. The molecule has 1 heterocycles. The molecule has 0 spiro atoms. The Labute approximate surface area is 139 Å². The molecular weight excluding hydrogens is 372 g/mol. The van der Waals surface area contributed by atoms with E-state index in [4.69, 9.17) is 0 Å². The fourth-order valence-corrected chi connectivity index (χ4v) is 3.16. The predicted octanol–water partition coefficient (Wildman–Crippen LogP) is 3.80. The van der Waals surface area contributed by atoms with Crippen molar-refractivity contribution in [2.45, 2.75) is 31.7 Å². The number of nitrogens with zero attached hydrogens (tertiary/aromatic N) is 2. The second kappa shape index (κ2) is 6.27. The zero-order valence-corrected chi connectivity index (χ0v) is 13.6. The number of halogens is 3. The van der Waals surface area contributed by atoms with Crippen LogP contribution < -0.4 is 5.32 Å². The number of alkyl halides is 2. The molecule has 0 atom stereocenters. The summed E-state index contributed by atoms with van der Waals surface area (Å²) >= 11 is 3.18. The maximum atomic E-state index is 13.0. The third kappa shape index (κ3) is 3.36. The number of hydrogen-bond donors (Lipinski definition) is 2. The molecule has 1 aromatic carbocycles. The lowest BCUT2D eigenvalue weighted by Gasteiger charge is -2.09. The molecule has 2 aromatic rings. The highest BCUT2D eigenvalue weighted by Crippen LogP contribution is 2.45. The number of aromatic hydroxyl groups is 1. The summed E-state index contributed by atoms with van der Waals surface area (Å²) in [6.07, 6.45) is -0.911. The number of rotatable bonds is 5. The Balaban J connectivity index is 1.81. The third-order valence-electron chi connectivity index (χ3n) is 3.60. The highest BCUT2D eigenvalue weighted by Gasteiger charge is 2.34. The Morgan fingerprint density at radius 2 is 2.13 bits per heavy atom. The summed E-state index contributed by atoms with van der Waals surface area (Å²) in [6.45, 7) is -0.189. The monoisotopic (exact) mass is 385 g/mol. The fourth-order valence-electron chi connectivity index (χ4n) is 2.38. The number of aromatic nitrogens is 2. The van der Waals surface area contributed by atoms with Gasteiger partial charge in [0.25, 0.3) is 6.43 Å². The van der Waals surface area contributed by atoms with E-state index in [-0.39, 0.29) is 34.1 Å². The van der Waals surface area contributed by atoms with Gasteiger partial charge in [-0.25, -0.2) is 8.78 Å². The molecule has 0 bridgehead atoms. The van der Waals surface area contributed by atoms with Crippen LogP contribution in [-0.4, -0.2) is 20.8 Å². The molecule has 0 unspecified atom stereocenters. The summed E-state index contributed by atoms with van der Waals surface area (Å²) in [7, 11) is 0. The Hall–Kier alpha value is -1.96. The summed E-state index contributed by atoms with van der Waals surface area (Å²) in [6, 6.07) is 6.31. The fraction of sp³-hybridized carbons (Fsp3) is 0.333. The maximum Gasteiger partial charge on any atom is 0.283 e. The standard InChI is InChI=1S/C15H14BrF2N3O2/c16-12-13(15(17)18)20-21(14(12)8-5-6-8)7-11(23)19-9-3-1-2-4-10(9)22/h1-4,8,15,22H,5-7H2,(H,19,23). The van der Waals surface area contributed by atoms with Crippen molar-refractivity contribution >= 4 is 27.5 Å². The molecule has 122 valence electrons. The first-order valence-electron chi connectivity index (χ1n) is 7.09. The second-order valence-electron chi connectivity index (χ2n) is 5.38. The zero-order valence-electron chi connectivity index (χ0n) is 12.0. The van der Waals surface area contributed by atoms with E-state index in [0.717, 1.165) is 12.8 Å². The van der Waals surface area contributed by atoms with Crippen LogP contribution in [0.1, 0.15) is 36.6 Å². The number of carbonyl (C=O) groups is 1. The molecule has 1 aliphatic rings. The molecule has 23 heavy (non-hydrogen) atoms. The highest BCUT2D eigenvalue weighted by atomic mass is 79.9. The number of phenolic OH excluding ortho intramolecular Hbond substituents is 1. The third-order valence-corrected chi connectivity index (χ3v) is 4.41. The van der Waals surface area contributed by atoms with Crippen LogP contribution in [-0.2, 0) is 11.3 Å². The van der Waals surface area contributed by atoms with Crippen LogP contribution in [0.25, 0.3) is 0 Å². The summed E-state index contributed by atoms with van der Waals surface area (Å²) in [4.78, 5) is 12.1. The quantitative estimate of drug-likeness (QED) is 0.769. The van der Waals surface area contributed by atoms with Crippen molar-refractivity contribution in [3.8, 4) is 5.75 Å². The minimum Gasteiger partial charge on any atom is -0.506 e. The van der Waals surface area contributed by atoms with E-state index >= 15 is 0 Å². The van der Waals surface area contributed by atoms with Gasteiger partial charge in [0.15, 0.2) is 0 Å². The van der Waals surface area contributed by atoms with Crippen molar-refractivity contribution in [3.05, 3.63) is 40.1 Å². The van der Waals surface area contributed by atoms with Crippen molar-refractivity contribution in [1.82, 2.24) is 9.78 Å². The first kappa shape index (κ1) is 15.9. The van der Waals surface area contributed by atoms with Crippen LogP contribution in [0.3, 0.4) is 0 Å². The van der Waals surface area contributed by atoms with Crippen LogP contribution in [0.5, 0.6) is 5.75 Å². The van der Waals surface area contributed by atoms with Gasteiger partial charge in [0.2, 0.25) is 5.91 Å². The normalized spacial score (nSPS) is 14.3. The van der Waals surface area contributed by atoms with E-state index in [1.165, 1.54) is 10.7 Å². The van der Waals surface area contributed by atoms with Crippen molar-refractivity contribution in [2.75, 3.05) is 5.32 Å². The van der Waals surface area contributed by atoms with Gasteiger partial charge < -0.3 is 10.4 Å². The molecule has 1 fully saturated rings. The van der Waals surface area contributed by atoms with E-state index in [1.807, 2.05) is 0 Å². The molecule has 0 saturated heterocycles. The number of para-hydroxylation sites is 2. The van der Waals surface area contributed by atoms with Crippen molar-refractivity contribution < 1.29 is 18.7 Å². The maximum absolute atomic E-state index is 13.0. The SMILES string of the molecule is O=C(Cn1nc(C(F)F)c(Br)c1C1CC1)Nc1ccccc1O. The van der Waals surface area contributed by atoms with Crippen LogP contribution in [0.15, 0.2) is 28.7 Å². The van der Waals surface area contributed by atoms with Crippen LogP contribution in [0.2, 0.25) is 0 Å². The topological polar surface area (TPSA) is 67.2 Å². The summed E-state index contributed by atoms with van der Waals surface area (Å²) in [5, 5.41) is 16.1. The molecule has 1 saturated carbocycles. The van der Waals surface area contributed by atoms with Crippen molar-refractivity contribution in [2.24, 2.45) is 0 Å². The first-order valence-corrected chi connectivity index (χ1v) is 7.88. The van der Waals surface area contributed by atoms with Gasteiger partial charge in [-0.2, -0.15) is 5.10 Å². The van der Waals surface area contributed by atoms with E-state index in [9.17, 15) is 18.7 Å².